The van der Waals surface area contributed by atoms with Crippen LogP contribution in [0.2, 0.25) is 0 Å². The van der Waals surface area contributed by atoms with Crippen LogP contribution in [0.1, 0.15) is 0 Å². The van der Waals surface area contributed by atoms with Crippen LogP contribution in [0.25, 0.3) is 10.8 Å². The van der Waals surface area contributed by atoms with Crippen molar-refractivity contribution in [2.24, 2.45) is 0 Å². The summed E-state index contributed by atoms with van der Waals surface area (Å²) in [5, 5.41) is 5.99. The standard InChI is InChI=1S/C10H6Si/c1-3-7-4-2-6-9-10(7)8(5-1)11-9/h1-6H. The van der Waals surface area contributed by atoms with Crippen LogP contribution < -0.4 is 10.4 Å². The van der Waals surface area contributed by atoms with Crippen LogP contribution in [0.5, 0.6) is 0 Å². The Bertz CT molecular complexity index is 395. The molecule has 11 heavy (non-hydrogen) atoms. The Morgan fingerprint density at radius 3 is 2.00 bits per heavy atom. The number of benzene rings is 2. The highest BCUT2D eigenvalue weighted by Gasteiger charge is 2.15. The molecule has 0 atom stereocenters. The molecular weight excluding hydrogens is 148 g/mol. The first kappa shape index (κ1) is 5.55. The summed E-state index contributed by atoms with van der Waals surface area (Å²) in [6.07, 6.45) is 0. The molecule has 0 nitrogen and oxygen atoms in total. The average molecular weight is 154 g/mol. The molecule has 1 aliphatic rings. The minimum Gasteiger partial charge on any atom is -0.0625 e. The maximum Gasteiger partial charge on any atom is 0.123 e. The molecule has 2 radical (unpaired) electrons. The summed E-state index contributed by atoms with van der Waals surface area (Å²) in [6, 6.07) is 13.1. The fourth-order valence-corrected chi connectivity index (χ4v) is 2.90. The van der Waals surface area contributed by atoms with Crippen molar-refractivity contribution >= 4 is 30.7 Å². The van der Waals surface area contributed by atoms with Gasteiger partial charge in [0.2, 0.25) is 0 Å². The van der Waals surface area contributed by atoms with Crippen molar-refractivity contribution in [3.63, 3.8) is 0 Å². The first-order chi connectivity index (χ1) is 5.45. The van der Waals surface area contributed by atoms with Crippen LogP contribution in [0.15, 0.2) is 36.4 Å². The molecule has 1 heterocycles. The summed E-state index contributed by atoms with van der Waals surface area (Å²) in [6.45, 7) is 0. The normalized spacial score (nSPS) is 13.1. The largest absolute Gasteiger partial charge is 0.123 e. The van der Waals surface area contributed by atoms with E-state index < -0.39 is 0 Å². The highest BCUT2D eigenvalue weighted by Crippen LogP contribution is 2.12. The Kier molecular flexibility index (Phi) is 0.879. The molecule has 0 spiro atoms. The summed E-state index contributed by atoms with van der Waals surface area (Å²) in [5.74, 6) is 0. The van der Waals surface area contributed by atoms with Gasteiger partial charge in [-0.1, -0.05) is 46.8 Å². The summed E-state index contributed by atoms with van der Waals surface area (Å²) in [5.41, 5.74) is 0. The maximum atomic E-state index is 2.23. The quantitative estimate of drug-likeness (QED) is 0.420. The molecule has 2 aromatic carbocycles. The minimum atomic E-state index is 0.941. The third kappa shape index (κ3) is 0.589. The molecule has 0 saturated heterocycles. The van der Waals surface area contributed by atoms with Crippen molar-refractivity contribution in [2.45, 2.75) is 0 Å². The van der Waals surface area contributed by atoms with Gasteiger partial charge in [-0.3, -0.25) is 0 Å². The average Bonchev–Trinajstić information content (AvgIpc) is 2.01. The Labute approximate surface area is 67.7 Å². The highest BCUT2D eigenvalue weighted by molar-refractivity contribution is 6.80. The van der Waals surface area contributed by atoms with Crippen molar-refractivity contribution in [1.29, 1.82) is 0 Å². The lowest BCUT2D eigenvalue weighted by Gasteiger charge is -2.18. The van der Waals surface area contributed by atoms with Gasteiger partial charge >= 0.3 is 0 Å². The molecule has 0 amide bonds. The number of hydrogen-bond donors (Lipinski definition) is 0. The van der Waals surface area contributed by atoms with Crippen LogP contribution in [0, 0.1) is 0 Å². The zero-order chi connectivity index (χ0) is 7.26. The second-order valence-electron chi connectivity index (χ2n) is 2.83. The number of hydrogen-bond acceptors (Lipinski definition) is 0. The van der Waals surface area contributed by atoms with Gasteiger partial charge in [0, 0.05) is 0 Å². The number of rotatable bonds is 0. The van der Waals surface area contributed by atoms with Crippen molar-refractivity contribution in [3.05, 3.63) is 36.4 Å². The van der Waals surface area contributed by atoms with E-state index >= 15 is 0 Å². The lowest BCUT2D eigenvalue weighted by molar-refractivity contribution is 1.78. The van der Waals surface area contributed by atoms with E-state index in [0.717, 1.165) is 9.52 Å². The molecule has 1 heteroatoms. The fourth-order valence-electron chi connectivity index (χ4n) is 1.63. The molecule has 50 valence electrons. The molecule has 0 aliphatic carbocycles. The predicted molar refractivity (Wildman–Crippen MR) is 49.0 cm³/mol. The fraction of sp³-hybridized carbons (Fsp3) is 0. The lowest BCUT2D eigenvalue weighted by Crippen LogP contribution is -2.40. The van der Waals surface area contributed by atoms with Gasteiger partial charge in [-0.15, -0.1) is 0 Å². The van der Waals surface area contributed by atoms with Gasteiger partial charge in [-0.25, -0.2) is 0 Å². The molecule has 0 unspecified atom stereocenters. The van der Waals surface area contributed by atoms with Gasteiger partial charge in [0.25, 0.3) is 0 Å². The molecule has 0 N–H and O–H groups in total. The third-order valence-electron chi connectivity index (χ3n) is 2.17. The molecule has 3 rings (SSSR count). The Morgan fingerprint density at radius 1 is 0.818 bits per heavy atom. The van der Waals surface area contributed by atoms with Crippen molar-refractivity contribution in [3.8, 4) is 0 Å². The molecule has 1 aliphatic heterocycles. The van der Waals surface area contributed by atoms with E-state index in [1.54, 1.807) is 0 Å². The lowest BCUT2D eigenvalue weighted by atomic mass is 10.1. The van der Waals surface area contributed by atoms with Crippen molar-refractivity contribution in [2.75, 3.05) is 0 Å². The molecule has 2 aromatic rings. The molecule has 0 fully saturated rings. The zero-order valence-corrected chi connectivity index (χ0v) is 6.96. The third-order valence-corrected chi connectivity index (χ3v) is 3.55. The van der Waals surface area contributed by atoms with Crippen LogP contribution in [-0.2, 0) is 0 Å². The van der Waals surface area contributed by atoms with Crippen molar-refractivity contribution in [1.82, 2.24) is 0 Å². The van der Waals surface area contributed by atoms with Gasteiger partial charge in [-0.2, -0.15) is 0 Å². The summed E-state index contributed by atoms with van der Waals surface area (Å²) in [7, 11) is 0.941. The van der Waals surface area contributed by atoms with E-state index in [2.05, 4.69) is 36.4 Å². The summed E-state index contributed by atoms with van der Waals surface area (Å²) < 4.78 is 0. The van der Waals surface area contributed by atoms with E-state index in [9.17, 15) is 0 Å². The maximum absolute atomic E-state index is 2.23. The van der Waals surface area contributed by atoms with Gasteiger partial charge in [0.1, 0.15) is 9.52 Å². The first-order valence-corrected chi connectivity index (χ1v) is 4.74. The Balaban J connectivity index is 2.61. The SMILES string of the molecule is c1cc2c3c(cccc3c1)[Si]2. The van der Waals surface area contributed by atoms with E-state index in [4.69, 9.17) is 0 Å². The van der Waals surface area contributed by atoms with Crippen molar-refractivity contribution < 1.29 is 0 Å². The zero-order valence-electron chi connectivity index (χ0n) is 5.96. The van der Waals surface area contributed by atoms with Crippen LogP contribution in [0.4, 0.5) is 0 Å². The Hall–Kier alpha value is -1.08. The molecule has 0 saturated carbocycles. The van der Waals surface area contributed by atoms with E-state index in [0.29, 0.717) is 0 Å². The highest BCUT2D eigenvalue weighted by atomic mass is 28.2. The topological polar surface area (TPSA) is 0 Å². The first-order valence-electron chi connectivity index (χ1n) is 3.74. The second kappa shape index (κ2) is 1.74. The molecular formula is C10H6Si. The van der Waals surface area contributed by atoms with Gasteiger partial charge in [-0.05, 0) is 10.8 Å². The van der Waals surface area contributed by atoms with Gasteiger partial charge < -0.3 is 0 Å². The van der Waals surface area contributed by atoms with E-state index in [-0.39, 0.29) is 0 Å². The monoisotopic (exact) mass is 154 g/mol. The smallest absolute Gasteiger partial charge is 0.0625 e. The summed E-state index contributed by atoms with van der Waals surface area (Å²) in [4.78, 5) is 0. The van der Waals surface area contributed by atoms with Gasteiger partial charge in [0.15, 0.2) is 0 Å². The minimum absolute atomic E-state index is 0.941. The predicted octanol–water partition coefficient (Wildman–Crippen LogP) is 0.808. The van der Waals surface area contributed by atoms with Crippen LogP contribution in [0.3, 0.4) is 0 Å². The second-order valence-corrected chi connectivity index (χ2v) is 4.16. The van der Waals surface area contributed by atoms with E-state index in [1.807, 2.05) is 0 Å². The molecule has 0 bridgehead atoms. The molecule has 0 aromatic heterocycles. The summed E-state index contributed by atoms with van der Waals surface area (Å²) >= 11 is 0. The van der Waals surface area contributed by atoms with Crippen LogP contribution in [-0.4, -0.2) is 9.52 Å². The van der Waals surface area contributed by atoms with E-state index in [1.165, 1.54) is 21.1 Å². The van der Waals surface area contributed by atoms with Crippen LogP contribution >= 0.6 is 0 Å². The van der Waals surface area contributed by atoms with Gasteiger partial charge in [0.05, 0.1) is 0 Å². The Morgan fingerprint density at radius 2 is 1.45 bits per heavy atom.